The molecular weight excluding hydrogens is 973 g/mol. The molecular formula is C61H56O15. The first-order valence-electron chi connectivity index (χ1n) is 24.8. The Bertz CT molecular complexity index is 2900. The van der Waals surface area contributed by atoms with Crippen molar-refractivity contribution in [2.24, 2.45) is 0 Å². The molecule has 0 saturated carbocycles. The largest absolute Gasteiger partial charge is 0.459 e. The standard InChI is InChI=1S/C61H56O15/c62-56(44-28-14-4-15-29-44)70-40-49-51(73-57(63)45-30-16-5-17-31-45)53(74-58(64)46-32-18-6-19-33-46)55(75-59(65)47-34-20-7-21-35-47)61(72-49)76-50-48(39-67-36-41-22-8-1-9-23-41)71-60(66)54(69-38-43-26-12-3-13-27-43)52(50)68-37-42-24-10-2-11-25-42/h1-35,48-55,60-61,66H,36-40H2. The van der Waals surface area contributed by atoms with Crippen molar-refractivity contribution in [3.05, 3.63) is 251 Å². The summed E-state index contributed by atoms with van der Waals surface area (Å²) in [5, 5.41) is 11.9. The molecule has 9 rings (SSSR count). The van der Waals surface area contributed by atoms with E-state index in [1.165, 1.54) is 36.4 Å². The summed E-state index contributed by atoms with van der Waals surface area (Å²) < 4.78 is 64.8. The molecule has 0 aliphatic carbocycles. The van der Waals surface area contributed by atoms with Crippen molar-refractivity contribution in [1.82, 2.24) is 0 Å². The molecule has 0 amide bonds. The van der Waals surface area contributed by atoms with E-state index in [0.717, 1.165) is 16.7 Å². The summed E-state index contributed by atoms with van der Waals surface area (Å²) in [4.78, 5) is 56.8. The number of carbonyl (C=O) groups is 4. The molecule has 0 radical (unpaired) electrons. The zero-order chi connectivity index (χ0) is 52.5. The molecule has 2 saturated heterocycles. The van der Waals surface area contributed by atoms with Gasteiger partial charge < -0.3 is 52.5 Å². The molecule has 7 aromatic carbocycles. The lowest BCUT2D eigenvalue weighted by atomic mass is 9.95. The van der Waals surface area contributed by atoms with Gasteiger partial charge in [0.1, 0.15) is 37.1 Å². The van der Waals surface area contributed by atoms with Crippen molar-refractivity contribution >= 4 is 23.9 Å². The van der Waals surface area contributed by atoms with E-state index in [0.29, 0.717) is 0 Å². The molecule has 15 nitrogen and oxygen atoms in total. The molecule has 2 aliphatic heterocycles. The minimum absolute atomic E-state index is 0.00566. The Balaban J connectivity index is 1.15. The van der Waals surface area contributed by atoms with Crippen LogP contribution in [-0.2, 0) is 67.2 Å². The van der Waals surface area contributed by atoms with Gasteiger partial charge in [-0.15, -0.1) is 0 Å². The molecule has 1 N–H and O–H groups in total. The third-order valence-electron chi connectivity index (χ3n) is 12.6. The van der Waals surface area contributed by atoms with E-state index in [-0.39, 0.29) is 48.7 Å². The summed E-state index contributed by atoms with van der Waals surface area (Å²) in [6.07, 6.45) is -14.9. The maximum Gasteiger partial charge on any atom is 0.338 e. The summed E-state index contributed by atoms with van der Waals surface area (Å²) in [5.41, 5.74) is 2.98. The van der Waals surface area contributed by atoms with Crippen molar-refractivity contribution in [3.8, 4) is 0 Å². The number of esters is 4. The zero-order valence-corrected chi connectivity index (χ0v) is 41.2. The van der Waals surface area contributed by atoms with E-state index in [4.69, 9.17) is 47.4 Å². The molecule has 2 heterocycles. The normalized spacial score (nSPS) is 23.1. The number of ether oxygens (including phenoxy) is 10. The van der Waals surface area contributed by atoms with Crippen LogP contribution in [0.15, 0.2) is 212 Å². The van der Waals surface area contributed by atoms with Crippen molar-refractivity contribution in [2.45, 2.75) is 81.2 Å². The highest BCUT2D eigenvalue weighted by atomic mass is 16.8. The fraction of sp³-hybridized carbons (Fsp3) is 0.246. The summed E-state index contributed by atoms with van der Waals surface area (Å²) >= 11 is 0. The van der Waals surface area contributed by atoms with Crippen molar-refractivity contribution in [2.75, 3.05) is 13.2 Å². The Morgan fingerprint density at radius 3 is 1.20 bits per heavy atom. The predicted molar refractivity (Wildman–Crippen MR) is 274 cm³/mol. The molecule has 76 heavy (non-hydrogen) atoms. The first-order chi connectivity index (χ1) is 37.3. The molecule has 0 aromatic heterocycles. The van der Waals surface area contributed by atoms with Crippen LogP contribution in [0.25, 0.3) is 0 Å². The van der Waals surface area contributed by atoms with Crippen LogP contribution in [-0.4, -0.2) is 104 Å². The van der Waals surface area contributed by atoms with Crippen LogP contribution in [0.4, 0.5) is 0 Å². The van der Waals surface area contributed by atoms with Crippen LogP contribution in [0.3, 0.4) is 0 Å². The van der Waals surface area contributed by atoms with Crippen LogP contribution in [0.2, 0.25) is 0 Å². The van der Waals surface area contributed by atoms with Gasteiger partial charge in [0, 0.05) is 0 Å². The second-order valence-corrected chi connectivity index (χ2v) is 17.9. The Morgan fingerprint density at radius 2 is 0.737 bits per heavy atom. The third kappa shape index (κ3) is 14.1. The summed E-state index contributed by atoms with van der Waals surface area (Å²) in [5.74, 6) is -3.38. The minimum Gasteiger partial charge on any atom is -0.459 e. The average molecular weight is 1030 g/mol. The van der Waals surface area contributed by atoms with Crippen molar-refractivity contribution < 1.29 is 71.7 Å². The SMILES string of the molecule is O=C(OCC1OC(OC2C(COCc3ccccc3)OC(O)C(OCc3ccccc3)C2OCc2ccccc2)C(OC(=O)c2ccccc2)C(OC(=O)c2ccccc2)C1OC(=O)c1ccccc1)c1ccccc1. The summed E-state index contributed by atoms with van der Waals surface area (Å²) in [6, 6.07) is 60.5. The van der Waals surface area contributed by atoms with Crippen molar-refractivity contribution in [1.29, 1.82) is 0 Å². The van der Waals surface area contributed by atoms with Gasteiger partial charge in [-0.2, -0.15) is 0 Å². The van der Waals surface area contributed by atoms with Gasteiger partial charge in [-0.1, -0.05) is 164 Å². The van der Waals surface area contributed by atoms with Crippen molar-refractivity contribution in [3.63, 3.8) is 0 Å². The predicted octanol–water partition coefficient (Wildman–Crippen LogP) is 8.74. The Kier molecular flexibility index (Phi) is 18.5. The molecule has 10 unspecified atom stereocenters. The fourth-order valence-corrected chi connectivity index (χ4v) is 8.75. The first kappa shape index (κ1) is 53.0. The fourth-order valence-electron chi connectivity index (χ4n) is 8.75. The van der Waals surface area contributed by atoms with Crippen LogP contribution in [0.1, 0.15) is 58.1 Å². The maximum atomic E-state index is 14.5. The molecule has 0 spiro atoms. The topological polar surface area (TPSA) is 181 Å². The quantitative estimate of drug-likeness (QED) is 0.0533. The second-order valence-electron chi connectivity index (χ2n) is 17.9. The van der Waals surface area contributed by atoms with Gasteiger partial charge in [-0.05, 0) is 65.2 Å². The van der Waals surface area contributed by atoms with Gasteiger partial charge >= 0.3 is 23.9 Å². The number of hydrogen-bond donors (Lipinski definition) is 1. The van der Waals surface area contributed by atoms with Crippen LogP contribution in [0, 0.1) is 0 Å². The van der Waals surface area contributed by atoms with Crippen LogP contribution in [0.5, 0.6) is 0 Å². The summed E-state index contributed by atoms with van der Waals surface area (Å²) in [6.45, 7) is -0.608. The van der Waals surface area contributed by atoms with Gasteiger partial charge in [-0.25, -0.2) is 19.2 Å². The maximum absolute atomic E-state index is 14.5. The minimum atomic E-state index is -1.77. The Labute approximate surface area is 439 Å². The highest BCUT2D eigenvalue weighted by Gasteiger charge is 2.57. The monoisotopic (exact) mass is 1030 g/mol. The Hall–Kier alpha value is -7.86. The lowest BCUT2D eigenvalue weighted by Gasteiger charge is -2.49. The number of benzene rings is 7. The molecule has 0 bridgehead atoms. The first-order valence-corrected chi connectivity index (χ1v) is 24.8. The van der Waals surface area contributed by atoms with Gasteiger partial charge in [0.25, 0.3) is 0 Å². The lowest BCUT2D eigenvalue weighted by Crippen LogP contribution is -2.67. The highest BCUT2D eigenvalue weighted by Crippen LogP contribution is 2.36. The number of rotatable bonds is 21. The van der Waals surface area contributed by atoms with E-state index in [1.54, 1.807) is 84.9 Å². The van der Waals surface area contributed by atoms with E-state index in [2.05, 4.69) is 0 Å². The zero-order valence-electron chi connectivity index (χ0n) is 41.2. The highest BCUT2D eigenvalue weighted by molar-refractivity contribution is 5.91. The molecule has 7 aromatic rings. The van der Waals surface area contributed by atoms with E-state index in [9.17, 15) is 24.3 Å². The number of hydrogen-bond acceptors (Lipinski definition) is 15. The van der Waals surface area contributed by atoms with Gasteiger partial charge in [0.05, 0.1) is 48.7 Å². The van der Waals surface area contributed by atoms with Gasteiger partial charge in [0.2, 0.25) is 0 Å². The van der Waals surface area contributed by atoms with E-state index < -0.39 is 91.9 Å². The van der Waals surface area contributed by atoms with Crippen LogP contribution < -0.4 is 0 Å². The molecule has 390 valence electrons. The van der Waals surface area contributed by atoms with Gasteiger partial charge in [-0.3, -0.25) is 0 Å². The molecule has 10 atom stereocenters. The molecule has 2 fully saturated rings. The van der Waals surface area contributed by atoms with Crippen LogP contribution >= 0.6 is 0 Å². The number of aliphatic hydroxyl groups is 1. The lowest BCUT2D eigenvalue weighted by molar-refractivity contribution is -0.363. The van der Waals surface area contributed by atoms with E-state index in [1.807, 2.05) is 91.0 Å². The number of carbonyl (C=O) groups excluding carboxylic acids is 4. The van der Waals surface area contributed by atoms with Gasteiger partial charge in [0.15, 0.2) is 30.9 Å². The smallest absolute Gasteiger partial charge is 0.338 e. The second kappa shape index (κ2) is 26.6. The molecule has 15 heteroatoms. The molecule has 2 aliphatic rings. The van der Waals surface area contributed by atoms with E-state index >= 15 is 0 Å². The average Bonchev–Trinajstić information content (AvgIpc) is 3.50. The Morgan fingerprint density at radius 1 is 0.368 bits per heavy atom. The summed E-state index contributed by atoms with van der Waals surface area (Å²) in [7, 11) is 0. The number of aliphatic hydroxyl groups excluding tert-OH is 1. The third-order valence-corrected chi connectivity index (χ3v) is 12.6.